The number of aliphatic imine (C=N–C) groups is 1. The molecule has 0 bridgehead atoms. The molecule has 3 atom stereocenters. The zero-order valence-corrected chi connectivity index (χ0v) is 20.9. The minimum atomic E-state index is -2.39. The summed E-state index contributed by atoms with van der Waals surface area (Å²) in [5, 5.41) is 2.44. The standard InChI is InChI=1S/C28H26F2N4O4/c1-16(32-26(36)24(38-3)18-13-19(29)15-20(30)14-18)25(35)28(31)27(37)34(2)22-12-8-7-11-21(22)23(33-28)17-9-5-4-6-10-17/h4-16,24H,31H2,1-3H3,(H,32,36)/t16-,24?,28?/m0/s1. The van der Waals surface area contributed by atoms with Crippen molar-refractivity contribution < 1.29 is 27.9 Å². The SMILES string of the molecule is COC(C(=O)N[C@@H](C)C(=O)C1(N)N=C(c2ccccc2)c2ccccc2N(C)C1=O)c1cc(F)cc(F)c1. The van der Waals surface area contributed by atoms with Crippen LogP contribution in [0.5, 0.6) is 0 Å². The highest BCUT2D eigenvalue weighted by Crippen LogP contribution is 2.30. The first-order valence-corrected chi connectivity index (χ1v) is 11.7. The third-order valence-corrected chi connectivity index (χ3v) is 6.28. The highest BCUT2D eigenvalue weighted by atomic mass is 19.1. The molecule has 3 N–H and O–H groups in total. The molecule has 0 fully saturated rings. The van der Waals surface area contributed by atoms with Gasteiger partial charge in [0.15, 0.2) is 6.10 Å². The first-order valence-electron chi connectivity index (χ1n) is 11.7. The van der Waals surface area contributed by atoms with Crippen molar-refractivity contribution in [2.24, 2.45) is 10.7 Å². The fraction of sp³-hybridized carbons (Fsp3) is 0.214. The van der Waals surface area contributed by atoms with Gasteiger partial charge in [0, 0.05) is 31.4 Å². The summed E-state index contributed by atoms with van der Waals surface area (Å²) in [6.45, 7) is 1.34. The molecule has 4 rings (SSSR count). The van der Waals surface area contributed by atoms with Crippen LogP contribution in [0.3, 0.4) is 0 Å². The number of hydrogen-bond donors (Lipinski definition) is 2. The van der Waals surface area contributed by atoms with E-state index in [0.717, 1.165) is 12.1 Å². The van der Waals surface area contributed by atoms with Gasteiger partial charge in [-0.25, -0.2) is 13.8 Å². The van der Waals surface area contributed by atoms with E-state index in [1.165, 1.54) is 26.0 Å². The predicted octanol–water partition coefficient (Wildman–Crippen LogP) is 2.90. The number of ketones is 1. The molecule has 1 aliphatic heterocycles. The molecular weight excluding hydrogens is 494 g/mol. The van der Waals surface area contributed by atoms with E-state index in [4.69, 9.17) is 10.5 Å². The number of methoxy groups -OCH3 is 1. The van der Waals surface area contributed by atoms with E-state index < -0.39 is 47.0 Å². The maximum atomic E-state index is 13.7. The Morgan fingerprint density at radius 2 is 1.63 bits per heavy atom. The van der Waals surface area contributed by atoms with Gasteiger partial charge < -0.3 is 15.0 Å². The number of anilines is 1. The Bertz CT molecular complexity index is 1410. The molecule has 10 heteroatoms. The maximum Gasteiger partial charge on any atom is 0.277 e. The smallest absolute Gasteiger partial charge is 0.277 e. The number of nitrogens with zero attached hydrogens (tertiary/aromatic N) is 2. The summed E-state index contributed by atoms with van der Waals surface area (Å²) in [5.74, 6) is -4.32. The van der Waals surface area contributed by atoms with Crippen molar-refractivity contribution in [3.63, 3.8) is 0 Å². The van der Waals surface area contributed by atoms with Crippen LogP contribution in [0.1, 0.15) is 29.7 Å². The van der Waals surface area contributed by atoms with Crippen LogP contribution < -0.4 is 16.0 Å². The van der Waals surface area contributed by atoms with Gasteiger partial charge in [-0.15, -0.1) is 0 Å². The van der Waals surface area contributed by atoms with Gasteiger partial charge in [0.25, 0.3) is 11.8 Å². The number of nitrogens with two attached hydrogens (primary N) is 1. The largest absolute Gasteiger partial charge is 0.367 e. The van der Waals surface area contributed by atoms with Crippen molar-refractivity contribution >= 4 is 29.0 Å². The minimum absolute atomic E-state index is 0.0882. The van der Waals surface area contributed by atoms with E-state index in [-0.39, 0.29) is 5.56 Å². The Hall–Kier alpha value is -4.28. The number of likely N-dealkylation sites (N-methyl/N-ethyl adjacent to an activating group) is 1. The average molecular weight is 521 g/mol. The second-order valence-corrected chi connectivity index (χ2v) is 8.89. The number of rotatable bonds is 7. The quantitative estimate of drug-likeness (QED) is 0.465. The molecule has 0 aromatic heterocycles. The van der Waals surface area contributed by atoms with E-state index >= 15 is 0 Å². The zero-order chi connectivity index (χ0) is 27.6. The van der Waals surface area contributed by atoms with Crippen molar-refractivity contribution in [2.75, 3.05) is 19.1 Å². The first-order chi connectivity index (χ1) is 18.1. The van der Waals surface area contributed by atoms with Gasteiger partial charge in [0.05, 0.1) is 17.4 Å². The Balaban J connectivity index is 1.70. The van der Waals surface area contributed by atoms with Gasteiger partial charge in [-0.05, 0) is 30.7 Å². The maximum absolute atomic E-state index is 13.7. The highest BCUT2D eigenvalue weighted by Gasteiger charge is 2.49. The fourth-order valence-electron chi connectivity index (χ4n) is 4.40. The van der Waals surface area contributed by atoms with Crippen molar-refractivity contribution in [3.8, 4) is 0 Å². The van der Waals surface area contributed by atoms with Gasteiger partial charge in [-0.1, -0.05) is 48.5 Å². The van der Waals surface area contributed by atoms with Crippen LogP contribution in [0.25, 0.3) is 0 Å². The Morgan fingerprint density at radius 1 is 1.03 bits per heavy atom. The number of fused-ring (bicyclic) bond motifs is 1. The van der Waals surface area contributed by atoms with Gasteiger partial charge in [-0.3, -0.25) is 20.1 Å². The number of Topliss-reactive ketones (excluding diaryl/α,β-unsaturated/α-hetero) is 1. The van der Waals surface area contributed by atoms with E-state index in [9.17, 15) is 23.2 Å². The van der Waals surface area contributed by atoms with E-state index in [0.29, 0.717) is 28.6 Å². The Kier molecular flexibility index (Phi) is 7.47. The van der Waals surface area contributed by atoms with Crippen LogP contribution in [-0.4, -0.2) is 49.2 Å². The number of halogens is 2. The van der Waals surface area contributed by atoms with Crippen LogP contribution in [-0.2, 0) is 19.1 Å². The lowest BCUT2D eigenvalue weighted by Crippen LogP contribution is -2.63. The summed E-state index contributed by atoms with van der Waals surface area (Å²) in [6, 6.07) is 17.2. The molecule has 3 aromatic carbocycles. The first kappa shape index (κ1) is 26.8. The molecule has 0 saturated carbocycles. The molecule has 3 aromatic rings. The van der Waals surface area contributed by atoms with Gasteiger partial charge in [0.2, 0.25) is 11.4 Å². The van der Waals surface area contributed by atoms with Crippen LogP contribution in [0.2, 0.25) is 0 Å². The second kappa shape index (κ2) is 10.6. The Labute approximate surface area is 218 Å². The number of benzodiazepines with no additional fused rings is 1. The normalized spacial score (nSPS) is 18.6. The van der Waals surface area contributed by atoms with Crippen molar-refractivity contribution in [3.05, 3.63) is 101 Å². The molecule has 1 heterocycles. The number of para-hydroxylation sites is 1. The molecule has 2 unspecified atom stereocenters. The summed E-state index contributed by atoms with van der Waals surface area (Å²) < 4.78 is 32.6. The third kappa shape index (κ3) is 4.96. The minimum Gasteiger partial charge on any atom is -0.367 e. The molecule has 2 amide bonds. The number of amides is 2. The second-order valence-electron chi connectivity index (χ2n) is 8.89. The number of hydrogen-bond acceptors (Lipinski definition) is 6. The molecule has 1 aliphatic rings. The topological polar surface area (TPSA) is 114 Å². The number of benzene rings is 3. The van der Waals surface area contributed by atoms with Gasteiger partial charge in [0.1, 0.15) is 11.6 Å². The molecule has 0 radical (unpaired) electrons. The summed E-state index contributed by atoms with van der Waals surface area (Å²) in [6.07, 6.45) is -1.43. The lowest BCUT2D eigenvalue weighted by atomic mass is 9.97. The number of ether oxygens (including phenoxy) is 1. The molecular formula is C28H26F2N4O4. The van der Waals surface area contributed by atoms with Crippen molar-refractivity contribution in [2.45, 2.75) is 24.7 Å². The number of carbonyl (C=O) groups excluding carboxylic acids is 3. The van der Waals surface area contributed by atoms with Crippen LogP contribution in [0.15, 0.2) is 77.8 Å². The van der Waals surface area contributed by atoms with Crippen molar-refractivity contribution in [1.29, 1.82) is 0 Å². The fourth-order valence-corrected chi connectivity index (χ4v) is 4.40. The van der Waals surface area contributed by atoms with E-state index in [1.54, 1.807) is 48.5 Å². The molecule has 0 aliphatic carbocycles. The highest BCUT2D eigenvalue weighted by molar-refractivity contribution is 6.26. The summed E-state index contributed by atoms with van der Waals surface area (Å²) in [5.41, 5.74) is 6.06. The van der Waals surface area contributed by atoms with E-state index in [1.807, 2.05) is 6.07 Å². The summed E-state index contributed by atoms with van der Waals surface area (Å²) >= 11 is 0. The summed E-state index contributed by atoms with van der Waals surface area (Å²) in [7, 11) is 2.67. The van der Waals surface area contributed by atoms with E-state index in [2.05, 4.69) is 10.3 Å². The van der Waals surface area contributed by atoms with Crippen LogP contribution >= 0.6 is 0 Å². The lowest BCUT2D eigenvalue weighted by molar-refractivity contribution is -0.139. The average Bonchev–Trinajstić information content (AvgIpc) is 2.98. The lowest BCUT2D eigenvalue weighted by Gasteiger charge is -2.29. The molecule has 38 heavy (non-hydrogen) atoms. The summed E-state index contributed by atoms with van der Waals surface area (Å²) in [4.78, 5) is 46.0. The molecule has 0 spiro atoms. The number of nitrogens with one attached hydrogen (secondary N) is 1. The van der Waals surface area contributed by atoms with Crippen LogP contribution in [0.4, 0.5) is 14.5 Å². The monoisotopic (exact) mass is 520 g/mol. The predicted molar refractivity (Wildman–Crippen MR) is 138 cm³/mol. The molecule has 8 nitrogen and oxygen atoms in total. The zero-order valence-electron chi connectivity index (χ0n) is 20.9. The van der Waals surface area contributed by atoms with Crippen LogP contribution in [0, 0.1) is 11.6 Å². The third-order valence-electron chi connectivity index (χ3n) is 6.28. The van der Waals surface area contributed by atoms with Gasteiger partial charge >= 0.3 is 0 Å². The van der Waals surface area contributed by atoms with Gasteiger partial charge in [-0.2, -0.15) is 0 Å². The molecule has 0 saturated heterocycles. The molecule has 196 valence electrons. The Morgan fingerprint density at radius 3 is 2.26 bits per heavy atom. The van der Waals surface area contributed by atoms with Crippen molar-refractivity contribution in [1.82, 2.24) is 5.32 Å². The number of carbonyl (C=O) groups is 3.